The van der Waals surface area contributed by atoms with Gasteiger partial charge in [0.15, 0.2) is 0 Å². The summed E-state index contributed by atoms with van der Waals surface area (Å²) in [6.45, 7) is 0. The first kappa shape index (κ1) is 86.0. The first-order chi connectivity index (χ1) is 20.6. The van der Waals surface area contributed by atoms with Crippen LogP contribution in [0.3, 0.4) is 0 Å². The number of carbonyl (C=O) groups is 1. The third-order valence-corrected chi connectivity index (χ3v) is 1.85. The molecule has 0 aromatic heterocycles. The Balaban J connectivity index is -0.0000000375. The summed E-state index contributed by atoms with van der Waals surface area (Å²) in [5, 5.41) is 114. The summed E-state index contributed by atoms with van der Waals surface area (Å²) in [6.07, 6.45) is -58.0. The van der Waals surface area contributed by atoms with Gasteiger partial charge < -0.3 is 71.9 Å². The van der Waals surface area contributed by atoms with Crippen molar-refractivity contribution in [2.24, 2.45) is 0 Å². The smallest absolute Gasteiger partial charge is 0.490 e. The van der Waals surface area contributed by atoms with Gasteiger partial charge in [-0.1, -0.05) is 0 Å². The van der Waals surface area contributed by atoms with Gasteiger partial charge in [0.05, 0.1) is 0 Å². The van der Waals surface area contributed by atoms with E-state index in [1.54, 1.807) is 0 Å². The molecule has 0 spiro atoms. The van der Waals surface area contributed by atoms with E-state index in [1.807, 2.05) is 0 Å². The number of rotatable bonds is 0. The number of carboxylic acids is 1. The third-order valence-electron chi connectivity index (χ3n) is 1.85. The van der Waals surface area contributed by atoms with Crippen LogP contribution >= 0.6 is 0 Å². The van der Waals surface area contributed by atoms with Crippen LogP contribution in [0, 0.1) is 0 Å². The molecule has 0 fully saturated rings. The van der Waals surface area contributed by atoms with Gasteiger partial charge in [0.25, 0.3) is 0 Å². The first-order valence-electron chi connectivity index (χ1n) is 9.21. The molecule has 0 atom stereocenters. The van der Waals surface area contributed by atoms with Crippen molar-refractivity contribution >= 4 is 5.97 Å². The molecule has 0 radical (unpaired) electrons. The van der Waals surface area contributed by atoms with E-state index >= 15 is 0 Å². The molecule has 0 aromatic carbocycles. The van der Waals surface area contributed by atoms with Crippen LogP contribution in [-0.2, 0) is 88.2 Å². The molecular formula is C14H7F21O15Zn4-14. The van der Waals surface area contributed by atoms with Crippen LogP contribution in [0.1, 0.15) is 0 Å². The van der Waals surface area contributed by atoms with Crippen LogP contribution in [0.4, 0.5) is 92.2 Å². The largest absolute Gasteiger partial charge is 2.00 e. The summed E-state index contributed by atoms with van der Waals surface area (Å²) in [6, 6.07) is 0. The minimum Gasteiger partial charge on any atom is -2.00 e. The van der Waals surface area contributed by atoms with Gasteiger partial charge in [-0.15, -0.1) is 37.7 Å². The van der Waals surface area contributed by atoms with E-state index in [4.69, 9.17) is 71.2 Å². The van der Waals surface area contributed by atoms with Gasteiger partial charge in [-0.05, 0) is 0 Å². The van der Waals surface area contributed by atoms with Gasteiger partial charge in [-0.25, -0.2) is 4.79 Å². The van der Waals surface area contributed by atoms with Crippen LogP contribution in [0.25, 0.3) is 0 Å². The Morgan fingerprint density at radius 2 is 0.352 bits per heavy atom. The Bertz CT molecular complexity index is 674. The molecule has 0 aliphatic carbocycles. The fraction of sp³-hybridized carbons (Fsp3) is 0.929. The number of aliphatic carboxylic acids is 1. The molecule has 1 N–H and O–H groups in total. The molecular weight excluding hydrogens is 1070 g/mol. The average Bonchev–Trinajstić information content (AvgIpc) is 2.77. The second-order valence-electron chi connectivity index (χ2n) is 6.04. The summed E-state index contributed by atoms with van der Waals surface area (Å²) < 4.78 is 222. The molecule has 54 heavy (non-hydrogen) atoms. The normalized spacial score (nSPS) is 11.5. The molecule has 0 unspecified atom stereocenters. The first-order valence-corrected chi connectivity index (χ1v) is 9.21. The fourth-order valence-corrected chi connectivity index (χ4v) is 0. The molecule has 0 aliphatic rings. The van der Waals surface area contributed by atoms with Gasteiger partial charge in [-0.3, -0.25) is 0 Å². The molecule has 40 heteroatoms. The molecule has 0 saturated carbocycles. The van der Waals surface area contributed by atoms with Crippen LogP contribution in [0.15, 0.2) is 0 Å². The second-order valence-corrected chi connectivity index (χ2v) is 6.04. The van der Waals surface area contributed by atoms with Crippen LogP contribution in [0.2, 0.25) is 0 Å². The van der Waals surface area contributed by atoms with Crippen LogP contribution < -0.4 is 61.3 Å². The van der Waals surface area contributed by atoms with Crippen molar-refractivity contribution in [1.29, 1.82) is 0 Å². The molecule has 0 heterocycles. The standard InChI is InChI=1S/7C2HF3O2.O.4Zn/c7*3-2(4,5)1(6)7;;;;;/h(H,6,7);6*1H;;;;;/q;7*-2;;;;. The summed E-state index contributed by atoms with van der Waals surface area (Å²) in [5.74, 6) is -2.76. The number of hydrogen-bond donors (Lipinski definition) is 1. The second kappa shape index (κ2) is 36.1. The van der Waals surface area contributed by atoms with Crippen molar-refractivity contribution in [3.8, 4) is 0 Å². The van der Waals surface area contributed by atoms with Gasteiger partial charge in [-0.2, -0.15) is 92.2 Å². The SMILES string of the molecule is O=C(O)C(F)(F)F.[O-2].[O-]C([O-])C(F)(F)F.[O-]C([O-])C(F)(F)F.[O-]C([O-])C(F)(F)F.[O-]C([O-])C(F)(F)F.[O-]C([O-])C(F)(F)F.[O-]C([O-])C(F)(F)F.[Zn].[Zn].[Zn].[Zn]. The number of carboxylic acid groups (broad SMARTS) is 1. The Labute approximate surface area is 332 Å². The summed E-state index contributed by atoms with van der Waals surface area (Å²) in [7, 11) is 0. The molecule has 15 nitrogen and oxygen atoms in total. The maximum absolute atomic E-state index is 10.6. The Morgan fingerprint density at radius 1 is 0.315 bits per heavy atom. The molecule has 0 saturated heterocycles. The fourth-order valence-electron chi connectivity index (χ4n) is 0. The van der Waals surface area contributed by atoms with Gasteiger partial charge >= 0.3 is 49.2 Å². The van der Waals surface area contributed by atoms with E-state index in [-0.39, 0.29) is 83.4 Å². The van der Waals surface area contributed by atoms with E-state index < -0.39 is 86.9 Å². The molecule has 0 amide bonds. The minimum atomic E-state index is -5.11. The zero-order valence-electron chi connectivity index (χ0n) is 24.4. The van der Waals surface area contributed by atoms with E-state index in [2.05, 4.69) is 0 Å². The van der Waals surface area contributed by atoms with E-state index in [9.17, 15) is 92.2 Å². The molecule has 0 bridgehead atoms. The molecule has 322 valence electrons. The predicted octanol–water partition coefficient (Wildman–Crippen LogP) is -7.92. The van der Waals surface area contributed by atoms with Crippen molar-refractivity contribution in [2.45, 2.75) is 81.0 Å². The van der Waals surface area contributed by atoms with Crippen molar-refractivity contribution in [3.63, 3.8) is 0 Å². The molecule has 0 aromatic rings. The Morgan fingerprint density at radius 3 is 0.352 bits per heavy atom. The quantitative estimate of drug-likeness (QED) is 0.134. The molecule has 0 aliphatic heterocycles. The summed E-state index contributed by atoms with van der Waals surface area (Å²) in [5.41, 5.74) is 0. The van der Waals surface area contributed by atoms with Crippen molar-refractivity contribution in [3.05, 3.63) is 0 Å². The van der Waals surface area contributed by atoms with Crippen molar-refractivity contribution < 1.29 is 247 Å². The van der Waals surface area contributed by atoms with E-state index in [0.717, 1.165) is 0 Å². The zero-order chi connectivity index (χ0) is 42.5. The minimum absolute atomic E-state index is 0. The van der Waals surface area contributed by atoms with Gasteiger partial charge in [0.1, 0.15) is 0 Å². The number of alkyl halides is 21. The Hall–Kier alpha value is -0.0265. The Kier molecular flexibility index (Phi) is 57.4. The van der Waals surface area contributed by atoms with Gasteiger partial charge in [0.2, 0.25) is 0 Å². The number of halogens is 21. The summed E-state index contributed by atoms with van der Waals surface area (Å²) >= 11 is 0. The van der Waals surface area contributed by atoms with Crippen molar-refractivity contribution in [2.75, 3.05) is 0 Å². The maximum atomic E-state index is 10.6. The van der Waals surface area contributed by atoms with E-state index in [0.29, 0.717) is 0 Å². The number of hydrogen-bond acceptors (Lipinski definition) is 13. The average molecular weight is 1080 g/mol. The van der Waals surface area contributed by atoms with Crippen LogP contribution in [-0.4, -0.2) is 92.1 Å². The topological polar surface area (TPSA) is 343 Å². The van der Waals surface area contributed by atoms with Gasteiger partial charge in [0, 0.05) is 77.9 Å². The van der Waals surface area contributed by atoms with Crippen LogP contribution in [0.5, 0.6) is 0 Å². The maximum Gasteiger partial charge on any atom is 0.490 e. The van der Waals surface area contributed by atoms with E-state index in [1.165, 1.54) is 0 Å². The molecule has 0 rings (SSSR count). The summed E-state index contributed by atoms with van der Waals surface area (Å²) in [4.78, 5) is 8.90. The van der Waals surface area contributed by atoms with Crippen molar-refractivity contribution in [1.82, 2.24) is 0 Å². The monoisotopic (exact) mass is 1070 g/mol. The third kappa shape index (κ3) is 76.7. The zero-order valence-corrected chi connectivity index (χ0v) is 36.3. The predicted molar refractivity (Wildman–Crippen MR) is 73.4 cm³/mol.